The highest BCUT2D eigenvalue weighted by Gasteiger charge is 2.26. The van der Waals surface area contributed by atoms with Gasteiger partial charge in [-0.2, -0.15) is 0 Å². The molecule has 0 saturated heterocycles. The Bertz CT molecular complexity index is 951. The van der Waals surface area contributed by atoms with Gasteiger partial charge in [-0.05, 0) is 49.1 Å². The highest BCUT2D eigenvalue weighted by atomic mass is 19.2. The third-order valence-corrected chi connectivity index (χ3v) is 5.31. The highest BCUT2D eigenvalue weighted by molar-refractivity contribution is 5.97. The normalized spacial score (nSPS) is 18.8. The number of aliphatic carboxylic acids is 1. The van der Waals surface area contributed by atoms with Crippen LogP contribution in [0.25, 0.3) is 0 Å². The second-order valence-corrected chi connectivity index (χ2v) is 9.24. The van der Waals surface area contributed by atoms with Crippen molar-refractivity contribution in [2.75, 3.05) is 19.6 Å². The predicted octanol–water partition coefficient (Wildman–Crippen LogP) is 2.77. The van der Waals surface area contributed by atoms with E-state index >= 15 is 0 Å². The number of aryl methyl sites for hydroxylation is 1. The molecule has 0 aromatic heterocycles. The van der Waals surface area contributed by atoms with Crippen molar-refractivity contribution < 1.29 is 23.5 Å². The van der Waals surface area contributed by atoms with E-state index < -0.39 is 29.1 Å². The lowest BCUT2D eigenvalue weighted by Gasteiger charge is -2.24. The van der Waals surface area contributed by atoms with Crippen molar-refractivity contribution in [3.8, 4) is 0 Å². The highest BCUT2D eigenvalue weighted by Crippen LogP contribution is 2.19. The van der Waals surface area contributed by atoms with Gasteiger partial charge in [0.2, 0.25) is 5.91 Å². The van der Waals surface area contributed by atoms with Gasteiger partial charge in [0, 0.05) is 31.0 Å². The number of halogens is 2. The fourth-order valence-electron chi connectivity index (χ4n) is 3.48. The third-order valence-electron chi connectivity index (χ3n) is 5.31. The fourth-order valence-corrected chi connectivity index (χ4v) is 3.48. The van der Waals surface area contributed by atoms with Gasteiger partial charge in [-0.1, -0.05) is 20.8 Å². The number of nitrogens with two attached hydrogens (primary N) is 1. The van der Waals surface area contributed by atoms with E-state index in [1.807, 2.05) is 20.8 Å². The van der Waals surface area contributed by atoms with Crippen LogP contribution in [0.4, 0.5) is 8.78 Å². The van der Waals surface area contributed by atoms with Gasteiger partial charge in [0.25, 0.3) is 0 Å². The molecule has 0 aliphatic carbocycles. The van der Waals surface area contributed by atoms with Crippen LogP contribution in [-0.4, -0.2) is 53.4 Å². The third kappa shape index (κ3) is 6.59. The van der Waals surface area contributed by atoms with Crippen molar-refractivity contribution in [2.45, 2.75) is 53.5 Å². The van der Waals surface area contributed by atoms with E-state index in [2.05, 4.69) is 10.3 Å². The minimum absolute atomic E-state index is 0.0000793. The first-order valence-electron chi connectivity index (χ1n) is 10.5. The molecule has 32 heavy (non-hydrogen) atoms. The molecule has 0 fully saturated rings. The molecule has 1 amide bonds. The molecule has 1 atom stereocenters. The molecule has 1 aromatic rings. The van der Waals surface area contributed by atoms with Crippen LogP contribution in [0.3, 0.4) is 0 Å². The molecule has 1 aliphatic rings. The van der Waals surface area contributed by atoms with Gasteiger partial charge >= 0.3 is 5.97 Å². The summed E-state index contributed by atoms with van der Waals surface area (Å²) >= 11 is 0. The molecule has 2 rings (SSSR count). The van der Waals surface area contributed by atoms with Crippen molar-refractivity contribution in [1.29, 1.82) is 0 Å². The van der Waals surface area contributed by atoms with Crippen LogP contribution in [0.1, 0.15) is 45.2 Å². The second kappa shape index (κ2) is 10.2. The molecule has 176 valence electrons. The van der Waals surface area contributed by atoms with Gasteiger partial charge in [0.15, 0.2) is 11.6 Å². The van der Waals surface area contributed by atoms with Gasteiger partial charge in [-0.3, -0.25) is 9.79 Å². The zero-order chi connectivity index (χ0) is 24.2. The summed E-state index contributed by atoms with van der Waals surface area (Å²) in [6, 6.07) is 1.62. The molecule has 1 aromatic carbocycles. The molecule has 1 heterocycles. The topological polar surface area (TPSA) is 108 Å². The standard InChI is InChI=1S/C23H32F2N4O3/c1-13-8-17(24)18(25)10-15(13)9-16(26)11-19(30)29-7-6-27-22(23(3,4)5)28-20(21(31)32)14(2)12-29/h8,10,16H,6-7,9,11-12,26H2,1-5H3,(H,27,28)(H,31,32)/b20-14+. The summed E-state index contributed by atoms with van der Waals surface area (Å²) in [5, 5.41) is 12.6. The molecule has 4 N–H and O–H groups in total. The number of benzene rings is 1. The van der Waals surface area contributed by atoms with Crippen LogP contribution in [-0.2, 0) is 16.0 Å². The van der Waals surface area contributed by atoms with Crippen LogP contribution in [0.15, 0.2) is 28.4 Å². The quantitative estimate of drug-likeness (QED) is 0.639. The van der Waals surface area contributed by atoms with Gasteiger partial charge < -0.3 is 21.1 Å². The van der Waals surface area contributed by atoms with Crippen molar-refractivity contribution in [1.82, 2.24) is 10.2 Å². The number of amides is 1. The molecular formula is C23H32F2N4O3. The average Bonchev–Trinajstić information content (AvgIpc) is 2.74. The Morgan fingerprint density at radius 2 is 1.88 bits per heavy atom. The lowest BCUT2D eigenvalue weighted by Crippen LogP contribution is -2.39. The fraction of sp³-hybridized carbons (Fsp3) is 0.522. The average molecular weight is 451 g/mol. The number of nitrogens with zero attached hydrogens (tertiary/aromatic N) is 2. The molecule has 7 nitrogen and oxygen atoms in total. The van der Waals surface area contributed by atoms with E-state index in [1.165, 1.54) is 4.90 Å². The summed E-state index contributed by atoms with van der Waals surface area (Å²) in [7, 11) is 0. The number of hydrogen-bond donors (Lipinski definition) is 3. The SMILES string of the molecule is C/C1=C(/C(=O)O)NC(C(C)(C)C)=NCCN(C(=O)CC(N)Cc2cc(F)c(F)cc2C)C1. The summed E-state index contributed by atoms with van der Waals surface area (Å²) in [5.74, 6) is -2.72. The Hall–Kier alpha value is -2.81. The zero-order valence-corrected chi connectivity index (χ0v) is 19.3. The van der Waals surface area contributed by atoms with Crippen LogP contribution in [0.2, 0.25) is 0 Å². The zero-order valence-electron chi connectivity index (χ0n) is 19.3. The number of carboxylic acid groups (broad SMARTS) is 1. The number of rotatable bonds is 5. The van der Waals surface area contributed by atoms with Crippen molar-refractivity contribution >= 4 is 17.7 Å². The molecule has 1 unspecified atom stereocenters. The number of hydrogen-bond acceptors (Lipinski definition) is 5. The Morgan fingerprint density at radius 3 is 2.47 bits per heavy atom. The first-order chi connectivity index (χ1) is 14.8. The summed E-state index contributed by atoms with van der Waals surface area (Å²) in [5.41, 5.74) is 7.36. The van der Waals surface area contributed by atoms with Gasteiger partial charge in [0.05, 0.1) is 6.54 Å². The first-order valence-corrected chi connectivity index (χ1v) is 10.5. The molecule has 0 radical (unpaired) electrons. The lowest BCUT2D eigenvalue weighted by molar-refractivity contribution is -0.133. The van der Waals surface area contributed by atoms with Crippen molar-refractivity contribution in [2.24, 2.45) is 16.1 Å². The smallest absolute Gasteiger partial charge is 0.352 e. The second-order valence-electron chi connectivity index (χ2n) is 9.24. The Kier molecular flexibility index (Phi) is 8.12. The van der Waals surface area contributed by atoms with Crippen molar-refractivity contribution in [3.63, 3.8) is 0 Å². The van der Waals surface area contributed by atoms with Crippen LogP contribution >= 0.6 is 0 Å². The van der Waals surface area contributed by atoms with Crippen LogP contribution in [0, 0.1) is 24.0 Å². The number of nitrogens with one attached hydrogen (secondary N) is 1. The lowest BCUT2D eigenvalue weighted by atomic mass is 9.94. The number of aliphatic imine (C=N–C) groups is 1. The Labute approximate surface area is 187 Å². The van der Waals surface area contributed by atoms with Gasteiger partial charge in [-0.25, -0.2) is 13.6 Å². The Morgan fingerprint density at radius 1 is 1.25 bits per heavy atom. The summed E-state index contributed by atoms with van der Waals surface area (Å²) in [6.07, 6.45) is 0.198. The maximum atomic E-state index is 13.6. The molecular weight excluding hydrogens is 418 g/mol. The minimum Gasteiger partial charge on any atom is -0.477 e. The van der Waals surface area contributed by atoms with E-state index in [0.29, 0.717) is 35.6 Å². The number of carboxylic acids is 1. The van der Waals surface area contributed by atoms with Crippen molar-refractivity contribution in [3.05, 3.63) is 46.2 Å². The predicted molar refractivity (Wildman–Crippen MR) is 119 cm³/mol. The van der Waals surface area contributed by atoms with E-state index in [9.17, 15) is 23.5 Å². The Balaban J connectivity index is 2.18. The monoisotopic (exact) mass is 450 g/mol. The number of amidine groups is 1. The largest absolute Gasteiger partial charge is 0.477 e. The number of carbonyl (C=O) groups is 2. The molecule has 0 saturated carbocycles. The van der Waals surface area contributed by atoms with E-state index in [4.69, 9.17) is 5.73 Å². The number of carbonyl (C=O) groups excluding carboxylic acids is 1. The van der Waals surface area contributed by atoms with E-state index in [0.717, 1.165) is 12.1 Å². The summed E-state index contributed by atoms with van der Waals surface area (Å²) < 4.78 is 26.9. The van der Waals surface area contributed by atoms with Gasteiger partial charge in [0.1, 0.15) is 11.5 Å². The van der Waals surface area contributed by atoms with E-state index in [-0.39, 0.29) is 31.0 Å². The molecule has 1 aliphatic heterocycles. The summed E-state index contributed by atoms with van der Waals surface area (Å²) in [6.45, 7) is 9.83. The van der Waals surface area contributed by atoms with Gasteiger partial charge in [-0.15, -0.1) is 0 Å². The van der Waals surface area contributed by atoms with Crippen LogP contribution in [0.5, 0.6) is 0 Å². The maximum Gasteiger partial charge on any atom is 0.352 e. The van der Waals surface area contributed by atoms with Crippen LogP contribution < -0.4 is 11.1 Å². The summed E-state index contributed by atoms with van der Waals surface area (Å²) in [4.78, 5) is 30.8. The first kappa shape index (κ1) is 25.5. The molecule has 9 heteroatoms. The molecule has 0 spiro atoms. The van der Waals surface area contributed by atoms with E-state index in [1.54, 1.807) is 13.8 Å². The maximum absolute atomic E-state index is 13.6. The molecule has 0 bridgehead atoms. The minimum atomic E-state index is -1.13.